The fourth-order valence-corrected chi connectivity index (χ4v) is 3.60. The molecule has 1 aromatic heterocycles. The lowest BCUT2D eigenvalue weighted by atomic mass is 10.1. The summed E-state index contributed by atoms with van der Waals surface area (Å²) in [5, 5.41) is 0. The van der Waals surface area contributed by atoms with Crippen molar-refractivity contribution in [2.75, 3.05) is 4.90 Å². The number of carbonyl (C=O) groups excluding carboxylic acids is 1. The first kappa shape index (κ1) is 15.8. The average Bonchev–Trinajstić information content (AvgIpc) is 3.10. The number of rotatable bonds is 3. The number of aryl methyl sites for hydroxylation is 2. The van der Waals surface area contributed by atoms with Gasteiger partial charge in [-0.05, 0) is 49.8 Å². The van der Waals surface area contributed by atoms with Crippen LogP contribution in [-0.4, -0.2) is 10.2 Å². The molecule has 0 saturated carbocycles. The van der Waals surface area contributed by atoms with Gasteiger partial charge in [0.25, 0.3) is 5.91 Å². The van der Waals surface area contributed by atoms with Gasteiger partial charge in [0, 0.05) is 0 Å². The summed E-state index contributed by atoms with van der Waals surface area (Å²) in [5.74, 6) is 0.655. The van der Waals surface area contributed by atoms with E-state index in [0.29, 0.717) is 9.23 Å². The van der Waals surface area contributed by atoms with Crippen molar-refractivity contribution in [3.05, 3.63) is 70.5 Å². The number of amides is 1. The second kappa shape index (κ2) is 6.56. The van der Waals surface area contributed by atoms with E-state index in [-0.39, 0.29) is 5.91 Å². The van der Waals surface area contributed by atoms with E-state index in [1.54, 1.807) is 23.3 Å². The summed E-state index contributed by atoms with van der Waals surface area (Å²) >= 11 is 6.70. The summed E-state index contributed by atoms with van der Waals surface area (Å²) < 4.78 is 5.77. The van der Waals surface area contributed by atoms with Gasteiger partial charge in [-0.25, -0.2) is 0 Å². The SMILES string of the molecule is Cc1ccc(N2C(=O)/C(=C\C=C\c3ccco3)SC2=S)c(C)c1. The molecule has 0 atom stereocenters. The Labute approximate surface area is 144 Å². The summed E-state index contributed by atoms with van der Waals surface area (Å²) in [6, 6.07) is 9.65. The number of nitrogens with zero attached hydrogens (tertiary/aromatic N) is 1. The van der Waals surface area contributed by atoms with Gasteiger partial charge in [-0.3, -0.25) is 9.69 Å². The molecule has 2 heterocycles. The third-order valence-electron chi connectivity index (χ3n) is 3.44. The summed E-state index contributed by atoms with van der Waals surface area (Å²) in [6.07, 6.45) is 6.99. The van der Waals surface area contributed by atoms with Crippen LogP contribution in [0.4, 0.5) is 5.69 Å². The zero-order chi connectivity index (χ0) is 16.4. The standard InChI is InChI=1S/C18H15NO2S2/c1-12-8-9-15(13(2)11-12)19-17(20)16(23-18(19)22)7-3-5-14-6-4-10-21-14/h3-11H,1-2H3/b5-3+,16-7+. The lowest BCUT2D eigenvalue weighted by Crippen LogP contribution is -2.28. The minimum atomic E-state index is -0.0870. The number of allylic oxidation sites excluding steroid dienone is 2. The highest BCUT2D eigenvalue weighted by Crippen LogP contribution is 2.36. The molecule has 2 aromatic rings. The molecule has 3 rings (SSSR count). The van der Waals surface area contributed by atoms with E-state index in [0.717, 1.165) is 22.6 Å². The van der Waals surface area contributed by atoms with Crippen molar-refractivity contribution in [1.82, 2.24) is 0 Å². The van der Waals surface area contributed by atoms with Crippen molar-refractivity contribution in [2.45, 2.75) is 13.8 Å². The maximum Gasteiger partial charge on any atom is 0.270 e. The molecule has 1 fully saturated rings. The molecule has 116 valence electrons. The highest BCUT2D eigenvalue weighted by atomic mass is 32.2. The Morgan fingerprint density at radius 2 is 2.09 bits per heavy atom. The van der Waals surface area contributed by atoms with Crippen LogP contribution in [0.25, 0.3) is 6.08 Å². The van der Waals surface area contributed by atoms with Crippen molar-refractivity contribution in [2.24, 2.45) is 0 Å². The molecule has 1 aromatic carbocycles. The van der Waals surface area contributed by atoms with Gasteiger partial charge in [-0.2, -0.15) is 0 Å². The van der Waals surface area contributed by atoms with Gasteiger partial charge >= 0.3 is 0 Å². The first-order chi connectivity index (χ1) is 11.1. The van der Waals surface area contributed by atoms with Crippen molar-refractivity contribution in [3.63, 3.8) is 0 Å². The van der Waals surface area contributed by atoms with Gasteiger partial charge in [-0.1, -0.05) is 47.8 Å². The van der Waals surface area contributed by atoms with E-state index in [4.69, 9.17) is 16.6 Å². The van der Waals surface area contributed by atoms with Gasteiger partial charge in [-0.15, -0.1) is 0 Å². The normalized spacial score (nSPS) is 17.0. The van der Waals surface area contributed by atoms with Crippen LogP contribution in [0, 0.1) is 13.8 Å². The largest absolute Gasteiger partial charge is 0.465 e. The first-order valence-corrected chi connectivity index (χ1v) is 8.34. The van der Waals surface area contributed by atoms with Crippen LogP contribution >= 0.6 is 24.0 Å². The fraction of sp³-hybridized carbons (Fsp3) is 0.111. The van der Waals surface area contributed by atoms with E-state index in [2.05, 4.69) is 6.07 Å². The summed E-state index contributed by atoms with van der Waals surface area (Å²) in [7, 11) is 0. The molecule has 1 amide bonds. The number of thiocarbonyl (C=S) groups is 1. The molecular formula is C18H15NO2S2. The van der Waals surface area contributed by atoms with E-state index >= 15 is 0 Å². The zero-order valence-corrected chi connectivity index (χ0v) is 14.4. The second-order valence-corrected chi connectivity index (χ2v) is 6.88. The predicted molar refractivity (Wildman–Crippen MR) is 99.4 cm³/mol. The van der Waals surface area contributed by atoms with Gasteiger partial charge in [0.05, 0.1) is 16.9 Å². The van der Waals surface area contributed by atoms with Crippen LogP contribution in [0.5, 0.6) is 0 Å². The third kappa shape index (κ3) is 3.30. The number of furan rings is 1. The molecule has 0 spiro atoms. The van der Waals surface area contributed by atoms with Gasteiger partial charge in [0.1, 0.15) is 5.76 Å². The van der Waals surface area contributed by atoms with E-state index < -0.39 is 0 Å². The molecule has 0 bridgehead atoms. The molecule has 5 heteroatoms. The average molecular weight is 341 g/mol. The van der Waals surface area contributed by atoms with Crippen molar-refractivity contribution in [1.29, 1.82) is 0 Å². The number of thioether (sulfide) groups is 1. The first-order valence-electron chi connectivity index (χ1n) is 7.11. The molecule has 1 aliphatic heterocycles. The monoisotopic (exact) mass is 341 g/mol. The second-order valence-electron chi connectivity index (χ2n) is 5.20. The molecule has 0 aliphatic carbocycles. The maximum atomic E-state index is 12.6. The van der Waals surface area contributed by atoms with Crippen LogP contribution in [0.15, 0.2) is 58.1 Å². The molecule has 0 radical (unpaired) electrons. The minimum Gasteiger partial charge on any atom is -0.465 e. The Bertz CT molecular complexity index is 820. The molecule has 0 unspecified atom stereocenters. The Morgan fingerprint density at radius 1 is 1.26 bits per heavy atom. The summed E-state index contributed by atoms with van der Waals surface area (Å²) in [5.41, 5.74) is 3.04. The van der Waals surface area contributed by atoms with Crippen molar-refractivity contribution in [3.8, 4) is 0 Å². The fourth-order valence-electron chi connectivity index (χ4n) is 2.36. The quantitative estimate of drug-likeness (QED) is 0.590. The van der Waals surface area contributed by atoms with Crippen LogP contribution in [-0.2, 0) is 4.79 Å². The Morgan fingerprint density at radius 3 is 2.78 bits per heavy atom. The summed E-state index contributed by atoms with van der Waals surface area (Å²) in [4.78, 5) is 14.8. The molecular weight excluding hydrogens is 326 g/mol. The van der Waals surface area contributed by atoms with Crippen molar-refractivity contribution < 1.29 is 9.21 Å². The number of hydrogen-bond donors (Lipinski definition) is 0. The molecule has 0 N–H and O–H groups in total. The molecule has 3 nitrogen and oxygen atoms in total. The maximum absolute atomic E-state index is 12.6. The highest BCUT2D eigenvalue weighted by molar-refractivity contribution is 8.27. The number of hydrogen-bond acceptors (Lipinski definition) is 4. The zero-order valence-electron chi connectivity index (χ0n) is 12.8. The molecule has 23 heavy (non-hydrogen) atoms. The lowest BCUT2D eigenvalue weighted by Gasteiger charge is -2.17. The lowest BCUT2D eigenvalue weighted by molar-refractivity contribution is -0.113. The van der Waals surface area contributed by atoms with Gasteiger partial charge in [0.2, 0.25) is 0 Å². The van der Waals surface area contributed by atoms with Gasteiger partial charge in [0.15, 0.2) is 4.32 Å². The van der Waals surface area contributed by atoms with E-state index in [1.807, 2.05) is 44.2 Å². The molecule has 1 aliphatic rings. The Kier molecular flexibility index (Phi) is 4.50. The smallest absolute Gasteiger partial charge is 0.270 e. The van der Waals surface area contributed by atoms with Crippen LogP contribution in [0.2, 0.25) is 0 Å². The minimum absolute atomic E-state index is 0.0870. The van der Waals surface area contributed by atoms with Crippen LogP contribution in [0.1, 0.15) is 16.9 Å². The van der Waals surface area contributed by atoms with E-state index in [1.165, 1.54) is 11.8 Å². The third-order valence-corrected chi connectivity index (χ3v) is 4.76. The topological polar surface area (TPSA) is 33.5 Å². The number of benzene rings is 1. The Balaban J connectivity index is 1.85. The van der Waals surface area contributed by atoms with E-state index in [9.17, 15) is 4.79 Å². The van der Waals surface area contributed by atoms with Gasteiger partial charge < -0.3 is 4.42 Å². The Hall–Kier alpha value is -2.11. The summed E-state index contributed by atoms with van der Waals surface area (Å²) in [6.45, 7) is 4.02. The predicted octanol–water partition coefficient (Wildman–Crippen LogP) is 4.86. The number of anilines is 1. The van der Waals surface area contributed by atoms with Crippen LogP contribution in [0.3, 0.4) is 0 Å². The number of carbonyl (C=O) groups is 1. The highest BCUT2D eigenvalue weighted by Gasteiger charge is 2.33. The molecule has 1 saturated heterocycles. The van der Waals surface area contributed by atoms with Crippen molar-refractivity contribution >= 4 is 46.0 Å². The van der Waals surface area contributed by atoms with Crippen LogP contribution < -0.4 is 4.90 Å².